The van der Waals surface area contributed by atoms with Gasteiger partial charge in [0.05, 0.1) is 12.0 Å². The lowest BCUT2D eigenvalue weighted by molar-refractivity contribution is -0.137. The van der Waals surface area contributed by atoms with Crippen molar-refractivity contribution in [3.05, 3.63) is 24.3 Å². The highest BCUT2D eigenvalue weighted by Crippen LogP contribution is 2.52. The molecule has 0 spiro atoms. The first kappa shape index (κ1) is 12.9. The second-order valence-corrected chi connectivity index (χ2v) is 6.69. The van der Waals surface area contributed by atoms with Crippen LogP contribution in [0.15, 0.2) is 29.2 Å². The van der Waals surface area contributed by atoms with Gasteiger partial charge in [0.15, 0.2) is 14.6 Å². The number of aliphatic carboxylic acids is 1. The minimum absolute atomic E-state index is 0.0232. The molecule has 5 nitrogen and oxygen atoms in total. The van der Waals surface area contributed by atoms with Crippen LogP contribution in [0.25, 0.3) is 0 Å². The average molecular weight is 270 g/mol. The summed E-state index contributed by atoms with van der Waals surface area (Å²) in [6.07, 6.45) is 0.163. The molecule has 1 fully saturated rings. The van der Waals surface area contributed by atoms with Gasteiger partial charge in [0.25, 0.3) is 0 Å². The Kier molecular flexibility index (Phi) is 2.85. The van der Waals surface area contributed by atoms with Crippen molar-refractivity contribution < 1.29 is 23.1 Å². The molecule has 0 aliphatic heterocycles. The second-order valence-electron chi connectivity index (χ2n) is 4.48. The minimum Gasteiger partial charge on any atom is -0.497 e. The van der Waals surface area contributed by atoms with E-state index in [1.807, 2.05) is 0 Å². The van der Waals surface area contributed by atoms with Gasteiger partial charge in [0.1, 0.15) is 5.75 Å². The third kappa shape index (κ3) is 1.59. The Morgan fingerprint density at radius 1 is 1.39 bits per heavy atom. The molecule has 0 saturated heterocycles. The van der Waals surface area contributed by atoms with Crippen LogP contribution >= 0.6 is 0 Å². The second kappa shape index (κ2) is 3.98. The van der Waals surface area contributed by atoms with Crippen molar-refractivity contribution in [1.29, 1.82) is 0 Å². The maximum Gasteiger partial charge on any atom is 0.325 e. The molecule has 2 unspecified atom stereocenters. The van der Waals surface area contributed by atoms with Gasteiger partial charge in [-0.15, -0.1) is 0 Å². The Hall–Kier alpha value is -1.56. The van der Waals surface area contributed by atoms with E-state index in [0.717, 1.165) is 0 Å². The van der Waals surface area contributed by atoms with Gasteiger partial charge in [0, 0.05) is 0 Å². The Bertz CT molecular complexity index is 575. The van der Waals surface area contributed by atoms with Gasteiger partial charge in [0.2, 0.25) is 0 Å². The van der Waals surface area contributed by atoms with Crippen molar-refractivity contribution in [1.82, 2.24) is 0 Å². The van der Waals surface area contributed by atoms with E-state index in [2.05, 4.69) is 0 Å². The standard InChI is InChI=1S/C12H14O5S/c1-8-7-12(8,11(13)14)18(15,16)10-5-3-9(17-2)4-6-10/h3-6,8H,7H2,1-2H3,(H,13,14). The first-order valence-corrected chi connectivity index (χ1v) is 6.96. The molecule has 2 atom stereocenters. The van der Waals surface area contributed by atoms with E-state index in [9.17, 15) is 13.2 Å². The first-order chi connectivity index (χ1) is 8.36. The Labute approximate surface area is 105 Å². The fourth-order valence-corrected chi connectivity index (χ4v) is 4.29. The molecule has 1 aliphatic rings. The molecule has 6 heteroatoms. The lowest BCUT2D eigenvalue weighted by Gasteiger charge is -2.13. The monoisotopic (exact) mass is 270 g/mol. The van der Waals surface area contributed by atoms with E-state index in [0.29, 0.717) is 5.75 Å². The Morgan fingerprint density at radius 3 is 2.22 bits per heavy atom. The summed E-state index contributed by atoms with van der Waals surface area (Å²) in [5.74, 6) is -1.10. The third-order valence-electron chi connectivity index (χ3n) is 3.46. The van der Waals surface area contributed by atoms with Crippen LogP contribution in [0.5, 0.6) is 5.75 Å². The van der Waals surface area contributed by atoms with Gasteiger partial charge in [-0.2, -0.15) is 0 Å². The van der Waals surface area contributed by atoms with Gasteiger partial charge < -0.3 is 9.84 Å². The van der Waals surface area contributed by atoms with Crippen LogP contribution in [0, 0.1) is 5.92 Å². The predicted octanol–water partition coefficient (Wildman–Crippen LogP) is 1.33. The van der Waals surface area contributed by atoms with Crippen molar-refractivity contribution in [2.75, 3.05) is 7.11 Å². The summed E-state index contributed by atoms with van der Waals surface area (Å²) in [4.78, 5) is 11.3. The zero-order valence-corrected chi connectivity index (χ0v) is 10.9. The van der Waals surface area contributed by atoms with Crippen LogP contribution in [0.4, 0.5) is 0 Å². The van der Waals surface area contributed by atoms with Crippen molar-refractivity contribution in [3.63, 3.8) is 0 Å². The molecule has 1 N–H and O–H groups in total. The van der Waals surface area contributed by atoms with Crippen LogP contribution in [-0.4, -0.2) is 31.4 Å². The predicted molar refractivity (Wildman–Crippen MR) is 64.3 cm³/mol. The smallest absolute Gasteiger partial charge is 0.325 e. The number of sulfone groups is 1. The van der Waals surface area contributed by atoms with Crippen LogP contribution < -0.4 is 4.74 Å². The third-order valence-corrected chi connectivity index (χ3v) is 6.05. The van der Waals surface area contributed by atoms with E-state index in [4.69, 9.17) is 9.84 Å². The largest absolute Gasteiger partial charge is 0.497 e. The van der Waals surface area contributed by atoms with E-state index in [1.165, 1.54) is 31.4 Å². The lowest BCUT2D eigenvalue weighted by atomic mass is 10.3. The summed E-state index contributed by atoms with van der Waals surface area (Å²) in [6.45, 7) is 1.63. The molecule has 0 aromatic heterocycles. The number of methoxy groups -OCH3 is 1. The molecule has 1 saturated carbocycles. The van der Waals surface area contributed by atoms with Crippen LogP contribution in [0.3, 0.4) is 0 Å². The number of ether oxygens (including phenoxy) is 1. The lowest BCUT2D eigenvalue weighted by Crippen LogP contribution is -2.34. The van der Waals surface area contributed by atoms with Gasteiger partial charge in [-0.05, 0) is 36.6 Å². The van der Waals surface area contributed by atoms with Crippen molar-refractivity contribution >= 4 is 15.8 Å². The summed E-state index contributed by atoms with van der Waals surface area (Å²) in [6, 6.07) is 5.78. The molecule has 0 radical (unpaired) electrons. The van der Waals surface area contributed by atoms with E-state index >= 15 is 0 Å². The molecule has 1 aromatic rings. The quantitative estimate of drug-likeness (QED) is 0.892. The zero-order valence-electron chi connectivity index (χ0n) is 10.1. The van der Waals surface area contributed by atoms with Crippen molar-refractivity contribution in [3.8, 4) is 5.75 Å². The minimum atomic E-state index is -3.86. The fourth-order valence-electron chi connectivity index (χ4n) is 2.15. The Morgan fingerprint density at radius 2 is 1.89 bits per heavy atom. The molecule has 0 heterocycles. The molecule has 1 aliphatic carbocycles. The van der Waals surface area contributed by atoms with Gasteiger partial charge >= 0.3 is 5.97 Å². The number of hydrogen-bond acceptors (Lipinski definition) is 4. The zero-order chi connectivity index (χ0) is 13.6. The van der Waals surface area contributed by atoms with Crippen molar-refractivity contribution in [2.45, 2.75) is 23.0 Å². The molecular weight excluding hydrogens is 256 g/mol. The molecular formula is C12H14O5S. The summed E-state index contributed by atoms with van der Waals surface area (Å²) in [7, 11) is -2.38. The molecule has 0 bridgehead atoms. The maximum atomic E-state index is 12.3. The Balaban J connectivity index is 2.46. The number of carboxylic acid groups (broad SMARTS) is 1. The first-order valence-electron chi connectivity index (χ1n) is 5.48. The summed E-state index contributed by atoms with van der Waals surface area (Å²) in [5, 5.41) is 9.17. The molecule has 2 rings (SSSR count). The summed E-state index contributed by atoms with van der Waals surface area (Å²) >= 11 is 0. The van der Waals surface area contributed by atoms with E-state index in [-0.39, 0.29) is 17.2 Å². The normalized spacial score (nSPS) is 26.7. The number of rotatable bonds is 4. The topological polar surface area (TPSA) is 80.7 Å². The average Bonchev–Trinajstić information content (AvgIpc) is 3.03. The molecule has 1 aromatic carbocycles. The SMILES string of the molecule is COc1ccc(S(=O)(=O)C2(C(=O)O)CC2C)cc1. The van der Waals surface area contributed by atoms with Crippen LogP contribution in [0.2, 0.25) is 0 Å². The highest BCUT2D eigenvalue weighted by molar-refractivity contribution is 7.94. The maximum absolute atomic E-state index is 12.3. The number of carboxylic acids is 1. The molecule has 0 amide bonds. The highest BCUT2D eigenvalue weighted by Gasteiger charge is 2.67. The van der Waals surface area contributed by atoms with Gasteiger partial charge in [-0.1, -0.05) is 6.92 Å². The van der Waals surface area contributed by atoms with Gasteiger partial charge in [-0.25, -0.2) is 8.42 Å². The van der Waals surface area contributed by atoms with E-state index in [1.54, 1.807) is 6.92 Å². The number of carbonyl (C=O) groups is 1. The highest BCUT2D eigenvalue weighted by atomic mass is 32.2. The van der Waals surface area contributed by atoms with Crippen LogP contribution in [-0.2, 0) is 14.6 Å². The molecule has 18 heavy (non-hydrogen) atoms. The van der Waals surface area contributed by atoms with Crippen LogP contribution in [0.1, 0.15) is 13.3 Å². The number of benzene rings is 1. The van der Waals surface area contributed by atoms with Gasteiger partial charge in [-0.3, -0.25) is 4.79 Å². The van der Waals surface area contributed by atoms with E-state index < -0.39 is 20.6 Å². The molecule has 98 valence electrons. The van der Waals surface area contributed by atoms with Crippen molar-refractivity contribution in [2.24, 2.45) is 5.92 Å². The summed E-state index contributed by atoms with van der Waals surface area (Å²) in [5.41, 5.74) is 0. The fraction of sp³-hybridized carbons (Fsp3) is 0.417. The summed E-state index contributed by atoms with van der Waals surface area (Å²) < 4.78 is 28.0. The number of hydrogen-bond donors (Lipinski definition) is 1.